The Morgan fingerprint density at radius 2 is 2.40 bits per heavy atom. The number of aliphatic hydroxyl groups is 1. The molecule has 1 aliphatic heterocycles. The third-order valence-corrected chi connectivity index (χ3v) is 3.17. The summed E-state index contributed by atoms with van der Waals surface area (Å²) < 4.78 is 4.77. The molecule has 2 atom stereocenters. The highest BCUT2D eigenvalue weighted by Gasteiger charge is 2.41. The van der Waals surface area contributed by atoms with E-state index >= 15 is 0 Å². The summed E-state index contributed by atoms with van der Waals surface area (Å²) in [5.41, 5.74) is 0.969. The summed E-state index contributed by atoms with van der Waals surface area (Å²) in [4.78, 5) is 16.0. The number of esters is 1. The second-order valence-corrected chi connectivity index (χ2v) is 4.29. The predicted octanol–water partition coefficient (Wildman–Crippen LogP) is 1.36. The average Bonchev–Trinajstić information content (AvgIpc) is 2.46. The van der Waals surface area contributed by atoms with E-state index in [0.29, 0.717) is 5.56 Å². The number of nitrogens with one attached hydrogen (secondary N) is 1. The Balaban J connectivity index is 2.59. The lowest BCUT2D eigenvalue weighted by Gasteiger charge is -2.31. The summed E-state index contributed by atoms with van der Waals surface area (Å²) in [7, 11) is 1.26. The summed E-state index contributed by atoms with van der Waals surface area (Å²) in [6, 6.07) is 5.35. The number of allylic oxidation sites excluding steroid dienone is 1. The number of pyridine rings is 1. The molecule has 6 heteroatoms. The van der Waals surface area contributed by atoms with Gasteiger partial charge in [-0.2, -0.15) is 5.26 Å². The first-order valence-corrected chi connectivity index (χ1v) is 5.87. The summed E-state index contributed by atoms with van der Waals surface area (Å²) in [5, 5.41) is 21.6. The van der Waals surface area contributed by atoms with Crippen molar-refractivity contribution in [3.63, 3.8) is 0 Å². The smallest absolute Gasteiger partial charge is 0.315 e. The Morgan fingerprint density at radius 3 is 2.95 bits per heavy atom. The third-order valence-electron chi connectivity index (χ3n) is 3.17. The standard InChI is InChI=1S/C14H13N3O3/c1-8-11(14(19)20-2)12(9-4-3-5-16-7-9)10(6-15)13(18)17-8/h3-5,7,11-12,17-18H,1H2,2H3. The molecule has 0 fully saturated rings. The number of aromatic nitrogens is 1. The molecule has 0 bridgehead atoms. The molecule has 1 aromatic heterocycles. The highest BCUT2D eigenvalue weighted by molar-refractivity contribution is 5.78. The molecule has 0 radical (unpaired) electrons. The van der Waals surface area contributed by atoms with E-state index in [1.165, 1.54) is 7.11 Å². The van der Waals surface area contributed by atoms with Crippen LogP contribution in [0, 0.1) is 17.2 Å². The van der Waals surface area contributed by atoms with E-state index < -0.39 is 17.8 Å². The Morgan fingerprint density at radius 1 is 1.65 bits per heavy atom. The van der Waals surface area contributed by atoms with Crippen LogP contribution in [0.4, 0.5) is 0 Å². The fourth-order valence-corrected chi connectivity index (χ4v) is 2.26. The Hall–Kier alpha value is -2.81. The molecule has 1 aromatic rings. The molecule has 20 heavy (non-hydrogen) atoms. The monoisotopic (exact) mass is 271 g/mol. The number of ether oxygens (including phenoxy) is 1. The van der Waals surface area contributed by atoms with Crippen LogP contribution in [0.3, 0.4) is 0 Å². The molecule has 0 saturated carbocycles. The number of nitriles is 1. The molecule has 0 amide bonds. The Labute approximate surface area is 116 Å². The van der Waals surface area contributed by atoms with Gasteiger partial charge in [-0.3, -0.25) is 9.78 Å². The quantitative estimate of drug-likeness (QED) is 0.789. The fourth-order valence-electron chi connectivity index (χ4n) is 2.26. The van der Waals surface area contributed by atoms with Crippen LogP contribution in [0.25, 0.3) is 0 Å². The zero-order valence-electron chi connectivity index (χ0n) is 10.8. The lowest BCUT2D eigenvalue weighted by molar-refractivity contribution is -0.144. The van der Waals surface area contributed by atoms with E-state index in [1.807, 2.05) is 6.07 Å². The zero-order chi connectivity index (χ0) is 14.7. The van der Waals surface area contributed by atoms with Crippen molar-refractivity contribution in [2.75, 3.05) is 7.11 Å². The predicted molar refractivity (Wildman–Crippen MR) is 70.0 cm³/mol. The van der Waals surface area contributed by atoms with Crippen LogP contribution in [0.5, 0.6) is 0 Å². The fraction of sp³-hybridized carbons (Fsp3) is 0.214. The highest BCUT2D eigenvalue weighted by Crippen LogP contribution is 2.39. The minimum atomic E-state index is -0.797. The topological polar surface area (TPSA) is 95.2 Å². The van der Waals surface area contributed by atoms with E-state index in [0.717, 1.165) is 0 Å². The van der Waals surface area contributed by atoms with E-state index in [1.54, 1.807) is 24.5 Å². The van der Waals surface area contributed by atoms with Crippen LogP contribution in [0.2, 0.25) is 0 Å². The average molecular weight is 271 g/mol. The second-order valence-electron chi connectivity index (χ2n) is 4.29. The normalized spacial score (nSPS) is 21.9. The number of rotatable bonds is 2. The molecule has 2 unspecified atom stereocenters. The van der Waals surface area contributed by atoms with E-state index in [4.69, 9.17) is 4.74 Å². The largest absolute Gasteiger partial charge is 0.494 e. The van der Waals surface area contributed by atoms with Crippen molar-refractivity contribution in [2.24, 2.45) is 5.92 Å². The van der Waals surface area contributed by atoms with Crippen LogP contribution in [-0.4, -0.2) is 23.2 Å². The van der Waals surface area contributed by atoms with Gasteiger partial charge in [0.15, 0.2) is 0 Å². The molecule has 2 N–H and O–H groups in total. The van der Waals surface area contributed by atoms with Crippen molar-refractivity contribution in [2.45, 2.75) is 5.92 Å². The number of carbonyl (C=O) groups excluding carboxylic acids is 1. The van der Waals surface area contributed by atoms with Crippen molar-refractivity contribution in [1.29, 1.82) is 5.26 Å². The van der Waals surface area contributed by atoms with Gasteiger partial charge < -0.3 is 15.2 Å². The maximum atomic E-state index is 12.0. The first-order valence-electron chi connectivity index (χ1n) is 5.87. The van der Waals surface area contributed by atoms with Gasteiger partial charge in [-0.05, 0) is 11.6 Å². The van der Waals surface area contributed by atoms with Crippen molar-refractivity contribution in [3.05, 3.63) is 53.8 Å². The van der Waals surface area contributed by atoms with Crippen molar-refractivity contribution in [1.82, 2.24) is 10.3 Å². The van der Waals surface area contributed by atoms with Gasteiger partial charge >= 0.3 is 5.97 Å². The molecule has 0 aliphatic carbocycles. The molecule has 0 spiro atoms. The minimum absolute atomic E-state index is 0.0563. The Kier molecular flexibility index (Phi) is 3.71. The van der Waals surface area contributed by atoms with Gasteiger partial charge in [-0.15, -0.1) is 0 Å². The van der Waals surface area contributed by atoms with Crippen LogP contribution in [0.1, 0.15) is 11.5 Å². The molecule has 0 aromatic carbocycles. The van der Waals surface area contributed by atoms with Crippen LogP contribution in [0.15, 0.2) is 48.3 Å². The third kappa shape index (κ3) is 2.21. The molecule has 6 nitrogen and oxygen atoms in total. The maximum absolute atomic E-state index is 12.0. The van der Waals surface area contributed by atoms with Gasteiger partial charge in [0, 0.05) is 24.0 Å². The van der Waals surface area contributed by atoms with Gasteiger partial charge in [0.1, 0.15) is 12.0 Å². The summed E-state index contributed by atoms with van der Waals surface area (Å²) in [6.45, 7) is 3.72. The minimum Gasteiger partial charge on any atom is -0.494 e. The number of nitrogens with zero attached hydrogens (tertiary/aromatic N) is 2. The summed E-state index contributed by atoms with van der Waals surface area (Å²) in [5.74, 6) is -2.30. The van der Waals surface area contributed by atoms with E-state index in [-0.39, 0.29) is 17.2 Å². The van der Waals surface area contributed by atoms with Gasteiger partial charge in [0.25, 0.3) is 0 Å². The molecule has 2 heterocycles. The number of hydrogen-bond acceptors (Lipinski definition) is 6. The molecule has 2 rings (SSSR count). The maximum Gasteiger partial charge on any atom is 0.315 e. The lowest BCUT2D eigenvalue weighted by Crippen LogP contribution is -2.37. The second kappa shape index (κ2) is 5.45. The first-order chi connectivity index (χ1) is 9.60. The number of aliphatic hydroxyl groups excluding tert-OH is 1. The zero-order valence-corrected chi connectivity index (χ0v) is 10.8. The van der Waals surface area contributed by atoms with Crippen molar-refractivity contribution in [3.8, 4) is 6.07 Å². The van der Waals surface area contributed by atoms with Crippen LogP contribution < -0.4 is 5.32 Å². The van der Waals surface area contributed by atoms with Gasteiger partial charge in [0.05, 0.1) is 12.7 Å². The van der Waals surface area contributed by atoms with Crippen LogP contribution >= 0.6 is 0 Å². The Bertz CT molecular complexity index is 616. The number of carbonyl (C=O) groups is 1. The van der Waals surface area contributed by atoms with Crippen molar-refractivity contribution < 1.29 is 14.6 Å². The molecular formula is C14H13N3O3. The van der Waals surface area contributed by atoms with E-state index in [2.05, 4.69) is 16.9 Å². The number of methoxy groups -OCH3 is 1. The number of hydrogen-bond donors (Lipinski definition) is 2. The molecular weight excluding hydrogens is 258 g/mol. The molecule has 102 valence electrons. The lowest BCUT2D eigenvalue weighted by atomic mass is 9.78. The van der Waals surface area contributed by atoms with Crippen LogP contribution in [-0.2, 0) is 9.53 Å². The van der Waals surface area contributed by atoms with Gasteiger partial charge in [-0.25, -0.2) is 0 Å². The highest BCUT2D eigenvalue weighted by atomic mass is 16.5. The summed E-state index contributed by atoms with van der Waals surface area (Å²) in [6.07, 6.45) is 3.13. The SMILES string of the molecule is C=C1NC(O)=C(C#N)C(c2cccnc2)C1C(=O)OC. The molecule has 0 saturated heterocycles. The van der Waals surface area contributed by atoms with Gasteiger partial charge in [-0.1, -0.05) is 12.6 Å². The van der Waals surface area contributed by atoms with E-state index in [9.17, 15) is 15.2 Å². The first kappa shape index (κ1) is 13.6. The van der Waals surface area contributed by atoms with Crippen molar-refractivity contribution >= 4 is 5.97 Å². The van der Waals surface area contributed by atoms with Gasteiger partial charge in [0.2, 0.25) is 5.88 Å². The molecule has 1 aliphatic rings. The summed E-state index contributed by atoms with van der Waals surface area (Å²) >= 11 is 0.